The molecule has 0 spiro atoms. The van der Waals surface area contributed by atoms with Crippen molar-refractivity contribution >= 4 is 28.5 Å². The van der Waals surface area contributed by atoms with Gasteiger partial charge in [0.2, 0.25) is 0 Å². The number of carboxylic acid groups (broad SMARTS) is 1. The summed E-state index contributed by atoms with van der Waals surface area (Å²) >= 11 is 6.15. The molecule has 1 heterocycles. The second-order valence-electron chi connectivity index (χ2n) is 6.75. The third kappa shape index (κ3) is 5.10. The van der Waals surface area contributed by atoms with Crippen molar-refractivity contribution in [2.75, 3.05) is 0 Å². The molecule has 0 saturated heterocycles. The van der Waals surface area contributed by atoms with E-state index < -0.39 is 17.6 Å². The first-order valence-corrected chi connectivity index (χ1v) is 9.44. The first-order chi connectivity index (χ1) is 14.4. The molecule has 4 nitrogen and oxygen atoms in total. The Balaban J connectivity index is 0.00000272. The quantitative estimate of drug-likeness (QED) is 0.420. The summed E-state index contributed by atoms with van der Waals surface area (Å²) in [6, 6.07) is 15.0. The summed E-state index contributed by atoms with van der Waals surface area (Å²) in [6.45, 7) is 0.268. The number of carboxylic acids is 1. The van der Waals surface area contributed by atoms with Crippen molar-refractivity contribution < 1.29 is 53.0 Å². The van der Waals surface area contributed by atoms with Crippen LogP contribution >= 0.6 is 11.6 Å². The Kier molecular flexibility index (Phi) is 7.38. The molecule has 0 aliphatic rings. The predicted molar refractivity (Wildman–Crippen MR) is 108 cm³/mol. The summed E-state index contributed by atoms with van der Waals surface area (Å²) < 4.78 is 34.6. The van der Waals surface area contributed by atoms with Crippen molar-refractivity contribution in [2.24, 2.45) is 0 Å². The molecule has 0 aliphatic heterocycles. The third-order valence-corrected chi connectivity index (χ3v) is 5.03. The van der Waals surface area contributed by atoms with E-state index in [2.05, 4.69) is 0 Å². The molecule has 4 aromatic rings. The van der Waals surface area contributed by atoms with Gasteiger partial charge < -0.3 is 19.2 Å². The van der Waals surface area contributed by atoms with Crippen LogP contribution < -0.4 is 39.4 Å². The third-order valence-electron chi connectivity index (χ3n) is 4.80. The van der Waals surface area contributed by atoms with Crippen molar-refractivity contribution in [3.63, 3.8) is 0 Å². The fourth-order valence-corrected chi connectivity index (χ4v) is 3.52. The molecule has 8 heteroatoms. The largest absolute Gasteiger partial charge is 1.00 e. The van der Waals surface area contributed by atoms with E-state index in [1.165, 1.54) is 18.2 Å². The zero-order valence-corrected chi connectivity index (χ0v) is 19.3. The predicted octanol–water partition coefficient (Wildman–Crippen LogP) is 1.57. The monoisotopic (exact) mass is 449 g/mol. The minimum Gasteiger partial charge on any atom is -0.545 e. The maximum absolute atomic E-state index is 13.9. The Morgan fingerprint density at radius 3 is 2.58 bits per heavy atom. The fraction of sp³-hybridized carbons (Fsp3) is 0.0870. The molecule has 1 aromatic heterocycles. The average Bonchev–Trinajstić information content (AvgIpc) is 3.11. The number of aromatic nitrogens is 1. The number of carbonyl (C=O) groups is 1. The van der Waals surface area contributed by atoms with Crippen LogP contribution in [0.2, 0.25) is 5.02 Å². The van der Waals surface area contributed by atoms with Crippen LogP contribution in [0.15, 0.2) is 66.9 Å². The fourth-order valence-electron chi connectivity index (χ4n) is 3.33. The SMILES string of the molecule is O=C([O-])c1cccc2c1ccn2Cc1cc(Cl)ccc1OCc1ccc(F)cc1F.[Na+]. The van der Waals surface area contributed by atoms with Gasteiger partial charge in [0.1, 0.15) is 24.0 Å². The first kappa shape index (κ1) is 23.3. The number of fused-ring (bicyclic) bond motifs is 1. The summed E-state index contributed by atoms with van der Waals surface area (Å²) in [5, 5.41) is 12.4. The standard InChI is InChI=1S/C23H16ClF2NO3.Na/c24-16-5-7-22(30-13-14-4-6-17(25)11-20(14)26)15(10-16)12-27-9-8-18-19(23(28)29)2-1-3-21(18)27;/h1-11H,12-13H2,(H,28,29);/q;+1/p-1. The molecular formula is C23H15ClF2NNaO3. The van der Waals surface area contributed by atoms with E-state index in [1.54, 1.807) is 42.6 Å². The number of hydrogen-bond acceptors (Lipinski definition) is 3. The number of ether oxygens (including phenoxy) is 1. The van der Waals surface area contributed by atoms with E-state index >= 15 is 0 Å². The van der Waals surface area contributed by atoms with Crippen molar-refractivity contribution in [2.45, 2.75) is 13.2 Å². The molecule has 0 N–H and O–H groups in total. The van der Waals surface area contributed by atoms with E-state index in [9.17, 15) is 18.7 Å². The molecule has 0 aliphatic carbocycles. The minimum absolute atomic E-state index is 0. The number of carbonyl (C=O) groups excluding carboxylic acids is 1. The Labute approximate surface area is 204 Å². The van der Waals surface area contributed by atoms with Gasteiger partial charge in [0.05, 0.1) is 12.5 Å². The van der Waals surface area contributed by atoms with Crippen molar-refractivity contribution in [3.05, 3.63) is 100 Å². The molecule has 0 radical (unpaired) electrons. The summed E-state index contributed by atoms with van der Waals surface area (Å²) in [7, 11) is 0. The van der Waals surface area contributed by atoms with E-state index in [0.29, 0.717) is 28.2 Å². The summed E-state index contributed by atoms with van der Waals surface area (Å²) in [4.78, 5) is 11.3. The topological polar surface area (TPSA) is 54.3 Å². The normalized spacial score (nSPS) is 10.7. The zero-order valence-electron chi connectivity index (χ0n) is 16.6. The molecule has 31 heavy (non-hydrogen) atoms. The van der Waals surface area contributed by atoms with Gasteiger partial charge in [0.15, 0.2) is 0 Å². The van der Waals surface area contributed by atoms with E-state index in [4.69, 9.17) is 16.3 Å². The first-order valence-electron chi connectivity index (χ1n) is 9.07. The second-order valence-corrected chi connectivity index (χ2v) is 7.18. The molecule has 0 bridgehead atoms. The minimum atomic E-state index is -1.24. The summed E-state index contributed by atoms with van der Waals surface area (Å²) in [5.74, 6) is -2.09. The number of halogens is 3. The molecular weight excluding hydrogens is 435 g/mol. The molecule has 152 valence electrons. The van der Waals surface area contributed by atoms with Crippen LogP contribution in [0.3, 0.4) is 0 Å². The molecule has 0 atom stereocenters. The van der Waals surface area contributed by atoms with E-state index in [1.807, 2.05) is 4.57 Å². The van der Waals surface area contributed by atoms with E-state index in [-0.39, 0.29) is 47.3 Å². The summed E-state index contributed by atoms with van der Waals surface area (Å²) in [5.41, 5.74) is 1.77. The second kappa shape index (κ2) is 9.83. The van der Waals surface area contributed by atoms with Gasteiger partial charge in [-0.25, -0.2) is 8.78 Å². The van der Waals surface area contributed by atoms with Gasteiger partial charge in [-0.15, -0.1) is 0 Å². The Morgan fingerprint density at radius 1 is 1.03 bits per heavy atom. The van der Waals surface area contributed by atoms with Crippen molar-refractivity contribution in [3.8, 4) is 5.75 Å². The molecule has 0 saturated carbocycles. The van der Waals surface area contributed by atoms with Crippen LogP contribution in [0.5, 0.6) is 5.75 Å². The van der Waals surface area contributed by atoms with Crippen LogP contribution in [-0.2, 0) is 13.2 Å². The van der Waals surface area contributed by atoms with Crippen molar-refractivity contribution in [1.82, 2.24) is 4.57 Å². The maximum atomic E-state index is 13.9. The molecule has 3 aromatic carbocycles. The van der Waals surface area contributed by atoms with Crippen LogP contribution in [0, 0.1) is 11.6 Å². The van der Waals surface area contributed by atoms with Gasteiger partial charge in [-0.05, 0) is 42.5 Å². The number of benzene rings is 3. The van der Waals surface area contributed by atoms with Gasteiger partial charge in [0, 0.05) is 44.9 Å². The number of rotatable bonds is 6. The molecule has 0 fully saturated rings. The van der Waals surface area contributed by atoms with Gasteiger partial charge >= 0.3 is 29.6 Å². The molecule has 0 unspecified atom stereocenters. The smallest absolute Gasteiger partial charge is 0.545 e. The number of nitrogens with zero attached hydrogens (tertiary/aromatic N) is 1. The van der Waals surface area contributed by atoms with Gasteiger partial charge in [-0.3, -0.25) is 0 Å². The van der Waals surface area contributed by atoms with Crippen molar-refractivity contribution in [1.29, 1.82) is 0 Å². The van der Waals surface area contributed by atoms with Gasteiger partial charge in [-0.2, -0.15) is 0 Å². The maximum Gasteiger partial charge on any atom is 1.00 e. The Morgan fingerprint density at radius 2 is 1.84 bits per heavy atom. The van der Waals surface area contributed by atoms with Crippen LogP contribution in [-0.4, -0.2) is 10.5 Å². The Hall–Kier alpha value is -2.38. The summed E-state index contributed by atoms with van der Waals surface area (Å²) in [6.07, 6.45) is 1.77. The zero-order chi connectivity index (χ0) is 21.3. The molecule has 4 rings (SSSR count). The average molecular weight is 450 g/mol. The van der Waals surface area contributed by atoms with Gasteiger partial charge in [-0.1, -0.05) is 23.7 Å². The number of hydrogen-bond donors (Lipinski definition) is 0. The Bertz CT molecular complexity index is 1260. The van der Waals surface area contributed by atoms with Gasteiger partial charge in [0.25, 0.3) is 0 Å². The number of aromatic carboxylic acids is 1. The van der Waals surface area contributed by atoms with Crippen LogP contribution in [0.4, 0.5) is 8.78 Å². The van der Waals surface area contributed by atoms with Crippen LogP contribution in [0.25, 0.3) is 10.9 Å². The van der Waals surface area contributed by atoms with E-state index in [0.717, 1.165) is 11.6 Å². The molecule has 0 amide bonds. The van der Waals surface area contributed by atoms with Crippen LogP contribution in [0.1, 0.15) is 21.5 Å².